The van der Waals surface area contributed by atoms with Gasteiger partial charge in [-0.3, -0.25) is 9.48 Å². The fourth-order valence-corrected chi connectivity index (χ4v) is 4.24. The summed E-state index contributed by atoms with van der Waals surface area (Å²) in [6.45, 7) is 3.96. The summed E-state index contributed by atoms with van der Waals surface area (Å²) in [6.07, 6.45) is 10.7. The third kappa shape index (κ3) is 3.37. The summed E-state index contributed by atoms with van der Waals surface area (Å²) in [4.78, 5) is 15.1. The fourth-order valence-electron chi connectivity index (χ4n) is 4.24. The Morgan fingerprint density at radius 3 is 2.75 bits per heavy atom. The number of hydrogen-bond acceptors (Lipinski definition) is 3. The van der Waals surface area contributed by atoms with E-state index in [1.54, 1.807) is 0 Å². The van der Waals surface area contributed by atoms with Crippen molar-refractivity contribution in [1.82, 2.24) is 14.7 Å². The maximum absolute atomic E-state index is 12.9. The highest BCUT2D eigenvalue weighted by atomic mass is 16.5. The van der Waals surface area contributed by atoms with Crippen LogP contribution >= 0.6 is 0 Å². The second-order valence-corrected chi connectivity index (χ2v) is 8.20. The van der Waals surface area contributed by atoms with Crippen LogP contribution in [0.3, 0.4) is 0 Å². The topological polar surface area (TPSA) is 47.4 Å². The van der Waals surface area contributed by atoms with Crippen molar-refractivity contribution in [3.8, 4) is 0 Å². The van der Waals surface area contributed by atoms with Crippen molar-refractivity contribution in [1.29, 1.82) is 0 Å². The van der Waals surface area contributed by atoms with Gasteiger partial charge in [-0.05, 0) is 55.9 Å². The van der Waals surface area contributed by atoms with Crippen LogP contribution in [0.1, 0.15) is 44.6 Å². The Hall–Kier alpha value is -1.36. The van der Waals surface area contributed by atoms with Gasteiger partial charge >= 0.3 is 0 Å². The second-order valence-electron chi connectivity index (χ2n) is 8.20. The van der Waals surface area contributed by atoms with Gasteiger partial charge in [-0.15, -0.1) is 0 Å². The number of hydrogen-bond donors (Lipinski definition) is 0. The normalized spacial score (nSPS) is 32.8. The van der Waals surface area contributed by atoms with Crippen LogP contribution in [0.5, 0.6) is 0 Å². The Morgan fingerprint density at radius 2 is 2.12 bits per heavy atom. The van der Waals surface area contributed by atoms with E-state index in [0.29, 0.717) is 11.8 Å². The predicted molar refractivity (Wildman–Crippen MR) is 91.4 cm³/mol. The Kier molecular flexibility index (Phi) is 4.37. The van der Waals surface area contributed by atoms with Gasteiger partial charge in [0.1, 0.15) is 0 Å². The number of aryl methyl sites for hydroxylation is 1. The first-order chi connectivity index (χ1) is 11.6. The first-order valence-electron chi connectivity index (χ1n) is 9.49. The second kappa shape index (κ2) is 6.51. The third-order valence-corrected chi connectivity index (χ3v) is 5.94. The Morgan fingerprint density at radius 1 is 1.33 bits per heavy atom. The lowest BCUT2D eigenvalue weighted by atomic mass is 9.75. The molecule has 5 heteroatoms. The molecule has 2 atom stereocenters. The van der Waals surface area contributed by atoms with Gasteiger partial charge in [-0.2, -0.15) is 5.10 Å². The van der Waals surface area contributed by atoms with Gasteiger partial charge in [-0.1, -0.05) is 6.92 Å². The molecule has 3 aliphatic rings. The molecule has 0 bridgehead atoms. The van der Waals surface area contributed by atoms with E-state index in [1.807, 2.05) is 17.9 Å². The molecule has 0 aromatic carbocycles. The summed E-state index contributed by atoms with van der Waals surface area (Å²) in [7, 11) is 1.94. The minimum Gasteiger partial charge on any atom is -0.376 e. The number of carbonyl (C=O) groups is 1. The summed E-state index contributed by atoms with van der Waals surface area (Å²) >= 11 is 0. The van der Waals surface area contributed by atoms with Crippen LogP contribution in [0.2, 0.25) is 0 Å². The molecule has 0 radical (unpaired) electrons. The maximum atomic E-state index is 12.9. The molecule has 0 unspecified atom stereocenters. The molecule has 3 fully saturated rings. The van der Waals surface area contributed by atoms with E-state index in [0.717, 1.165) is 44.8 Å². The molecule has 1 aromatic heterocycles. The van der Waals surface area contributed by atoms with Crippen molar-refractivity contribution in [3.05, 3.63) is 18.0 Å². The average molecular weight is 331 g/mol. The van der Waals surface area contributed by atoms with E-state index in [9.17, 15) is 4.79 Å². The Bertz CT molecular complexity index is 589. The lowest BCUT2D eigenvalue weighted by Gasteiger charge is -2.37. The standard InChI is InChI=1S/C19H29N3O2/c1-13-7-16(8-13)19(23)22-6-5-18(24-12-14-3-4-14)17(22)9-15-10-20-21(2)11-15/h10-11,13-14,16-18H,3-9,12H2,1-2H3/t13?,16?,17-,18+/m0/s1. The van der Waals surface area contributed by atoms with Crippen molar-refractivity contribution in [2.75, 3.05) is 13.2 Å². The molecule has 0 spiro atoms. The van der Waals surface area contributed by atoms with Crippen LogP contribution < -0.4 is 0 Å². The van der Waals surface area contributed by atoms with E-state index in [2.05, 4.69) is 23.1 Å². The third-order valence-electron chi connectivity index (χ3n) is 5.94. The number of aromatic nitrogens is 2. The average Bonchev–Trinajstić information content (AvgIpc) is 3.15. The van der Waals surface area contributed by atoms with Crippen LogP contribution in [0.4, 0.5) is 0 Å². The van der Waals surface area contributed by atoms with Gasteiger partial charge in [0.2, 0.25) is 5.91 Å². The largest absolute Gasteiger partial charge is 0.376 e. The molecule has 1 aromatic rings. The first kappa shape index (κ1) is 16.1. The summed E-state index contributed by atoms with van der Waals surface area (Å²) in [5.74, 6) is 2.08. The van der Waals surface area contributed by atoms with Gasteiger partial charge in [0.05, 0.1) is 18.3 Å². The molecule has 2 saturated carbocycles. The van der Waals surface area contributed by atoms with Crippen LogP contribution in [0.25, 0.3) is 0 Å². The molecule has 2 aliphatic carbocycles. The monoisotopic (exact) mass is 331 g/mol. The van der Waals surface area contributed by atoms with Gasteiger partial charge < -0.3 is 9.64 Å². The SMILES string of the molecule is CC1CC(C(=O)N2CC[C@@H](OCC3CC3)[C@@H]2Cc2cnn(C)c2)C1. The summed E-state index contributed by atoms with van der Waals surface area (Å²) < 4.78 is 8.07. The fraction of sp³-hybridized carbons (Fsp3) is 0.789. The quantitative estimate of drug-likeness (QED) is 0.804. The molecule has 0 N–H and O–H groups in total. The Balaban J connectivity index is 1.45. The molecule has 1 saturated heterocycles. The number of likely N-dealkylation sites (tertiary alicyclic amines) is 1. The molecule has 1 amide bonds. The Labute approximate surface area is 144 Å². The van der Waals surface area contributed by atoms with Crippen molar-refractivity contribution >= 4 is 5.91 Å². The zero-order valence-corrected chi connectivity index (χ0v) is 14.9. The van der Waals surface area contributed by atoms with Crippen molar-refractivity contribution < 1.29 is 9.53 Å². The highest BCUT2D eigenvalue weighted by molar-refractivity contribution is 5.80. The van der Waals surface area contributed by atoms with E-state index in [-0.39, 0.29) is 18.1 Å². The molecular weight excluding hydrogens is 302 g/mol. The zero-order valence-electron chi connectivity index (χ0n) is 14.9. The van der Waals surface area contributed by atoms with Gasteiger partial charge in [0, 0.05) is 32.3 Å². The lowest BCUT2D eigenvalue weighted by Crippen LogP contribution is -2.47. The number of nitrogens with zero attached hydrogens (tertiary/aromatic N) is 3. The summed E-state index contributed by atoms with van der Waals surface area (Å²) in [5, 5.41) is 4.28. The van der Waals surface area contributed by atoms with Crippen LogP contribution in [-0.4, -0.2) is 45.9 Å². The van der Waals surface area contributed by atoms with Crippen molar-refractivity contribution in [2.45, 2.75) is 57.6 Å². The van der Waals surface area contributed by atoms with Gasteiger partial charge in [0.25, 0.3) is 0 Å². The minimum absolute atomic E-state index is 0.177. The zero-order chi connectivity index (χ0) is 16.7. The van der Waals surface area contributed by atoms with Crippen LogP contribution in [0, 0.1) is 17.8 Å². The minimum atomic E-state index is 0.177. The molecule has 132 valence electrons. The molecule has 24 heavy (non-hydrogen) atoms. The number of amides is 1. The lowest BCUT2D eigenvalue weighted by molar-refractivity contribution is -0.141. The van der Waals surface area contributed by atoms with E-state index >= 15 is 0 Å². The molecule has 5 nitrogen and oxygen atoms in total. The number of ether oxygens (including phenoxy) is 1. The molecule has 2 heterocycles. The number of rotatable bonds is 6. The van der Waals surface area contributed by atoms with Crippen molar-refractivity contribution in [2.24, 2.45) is 24.8 Å². The van der Waals surface area contributed by atoms with E-state index < -0.39 is 0 Å². The van der Waals surface area contributed by atoms with E-state index in [1.165, 1.54) is 18.4 Å². The predicted octanol–water partition coefficient (Wildman–Crippen LogP) is 2.40. The first-order valence-corrected chi connectivity index (χ1v) is 9.49. The molecular formula is C19H29N3O2. The highest BCUT2D eigenvalue weighted by Gasteiger charge is 2.43. The van der Waals surface area contributed by atoms with Gasteiger partial charge in [-0.25, -0.2) is 0 Å². The maximum Gasteiger partial charge on any atom is 0.226 e. The van der Waals surface area contributed by atoms with Crippen LogP contribution in [-0.2, 0) is 23.0 Å². The van der Waals surface area contributed by atoms with Crippen molar-refractivity contribution in [3.63, 3.8) is 0 Å². The van der Waals surface area contributed by atoms with Crippen LogP contribution in [0.15, 0.2) is 12.4 Å². The molecule has 4 rings (SSSR count). The van der Waals surface area contributed by atoms with E-state index in [4.69, 9.17) is 4.74 Å². The number of carbonyl (C=O) groups excluding carboxylic acids is 1. The summed E-state index contributed by atoms with van der Waals surface area (Å²) in [5.41, 5.74) is 1.20. The smallest absolute Gasteiger partial charge is 0.226 e. The summed E-state index contributed by atoms with van der Waals surface area (Å²) in [6, 6.07) is 0.177. The highest BCUT2D eigenvalue weighted by Crippen LogP contribution is 2.37. The van der Waals surface area contributed by atoms with Gasteiger partial charge in [0.15, 0.2) is 0 Å². The molecule has 1 aliphatic heterocycles.